The molecule has 3 rings (SSSR count). The molecule has 0 radical (unpaired) electrons. The molecule has 0 spiro atoms. The summed E-state index contributed by atoms with van der Waals surface area (Å²) in [4.78, 5) is 28.4. The summed E-state index contributed by atoms with van der Waals surface area (Å²) in [5.74, 6) is -0.446. The van der Waals surface area contributed by atoms with Crippen LogP contribution in [0.25, 0.3) is 0 Å². The van der Waals surface area contributed by atoms with Gasteiger partial charge in [-0.05, 0) is 73.9 Å². The van der Waals surface area contributed by atoms with Crippen molar-refractivity contribution >= 4 is 41.0 Å². The fourth-order valence-electron chi connectivity index (χ4n) is 2.61. The molecule has 0 atom stereocenters. The first-order valence-corrected chi connectivity index (χ1v) is 9.75. The number of aliphatic imine (C=N–C) groups is 1. The molecule has 0 aliphatic heterocycles. The molecular weight excluding hydrogens is 402 g/mol. The van der Waals surface area contributed by atoms with Gasteiger partial charge in [0, 0.05) is 10.7 Å². The summed E-state index contributed by atoms with van der Waals surface area (Å²) in [6.45, 7) is 5.93. The van der Waals surface area contributed by atoms with Gasteiger partial charge in [-0.3, -0.25) is 14.6 Å². The van der Waals surface area contributed by atoms with Gasteiger partial charge in [-0.15, -0.1) is 0 Å². The molecular formula is C23H22ClN3O3. The minimum atomic E-state index is -0.742. The second-order valence-corrected chi connectivity index (χ2v) is 7.34. The van der Waals surface area contributed by atoms with Crippen LogP contribution < -0.4 is 10.6 Å². The van der Waals surface area contributed by atoms with Crippen LogP contribution in [0.5, 0.6) is 0 Å². The van der Waals surface area contributed by atoms with Crippen molar-refractivity contribution in [3.8, 4) is 0 Å². The van der Waals surface area contributed by atoms with Crippen molar-refractivity contribution in [3.05, 3.63) is 81.8 Å². The number of benzene rings is 2. The Labute approximate surface area is 180 Å². The normalized spacial score (nSPS) is 10.9. The van der Waals surface area contributed by atoms with E-state index in [1.165, 1.54) is 0 Å². The Morgan fingerprint density at radius 3 is 2.47 bits per heavy atom. The largest absolute Gasteiger partial charge is 0.458 e. The molecule has 2 aromatic carbocycles. The molecule has 3 aromatic rings. The molecule has 2 amide bonds. The number of carbonyl (C=O) groups excluding carboxylic acids is 2. The van der Waals surface area contributed by atoms with Crippen LogP contribution in [-0.2, 0) is 16.1 Å². The molecule has 1 aromatic heterocycles. The number of furan rings is 1. The van der Waals surface area contributed by atoms with Crippen LogP contribution >= 0.6 is 11.6 Å². The topological polar surface area (TPSA) is 83.7 Å². The van der Waals surface area contributed by atoms with E-state index in [4.69, 9.17) is 16.0 Å². The molecule has 1 heterocycles. The van der Waals surface area contributed by atoms with Crippen LogP contribution in [0.3, 0.4) is 0 Å². The summed E-state index contributed by atoms with van der Waals surface area (Å²) < 4.78 is 5.61. The minimum absolute atomic E-state index is 0.0867. The molecule has 0 saturated carbocycles. The smallest absolute Gasteiger partial charge is 0.313 e. The highest BCUT2D eigenvalue weighted by Crippen LogP contribution is 2.22. The number of aryl methyl sites for hydroxylation is 3. The summed E-state index contributed by atoms with van der Waals surface area (Å²) >= 11 is 6.09. The molecule has 154 valence electrons. The van der Waals surface area contributed by atoms with Gasteiger partial charge in [0.1, 0.15) is 11.5 Å². The number of nitrogens with one attached hydrogen (secondary N) is 2. The SMILES string of the molecule is Cc1ccc(NC(=O)C(=O)NCc2ccc(C=Nc3ccc(C)c(Cl)c3)o2)cc1C. The number of anilines is 1. The van der Waals surface area contributed by atoms with Crippen LogP contribution in [0.4, 0.5) is 11.4 Å². The molecule has 7 heteroatoms. The Morgan fingerprint density at radius 2 is 1.73 bits per heavy atom. The average molecular weight is 424 g/mol. The summed E-state index contributed by atoms with van der Waals surface area (Å²) in [5.41, 5.74) is 4.41. The van der Waals surface area contributed by atoms with Gasteiger partial charge in [0.25, 0.3) is 0 Å². The quantitative estimate of drug-likeness (QED) is 0.454. The third-order valence-corrected chi connectivity index (χ3v) is 4.98. The van der Waals surface area contributed by atoms with Crippen molar-refractivity contribution in [2.75, 3.05) is 5.32 Å². The maximum Gasteiger partial charge on any atom is 0.313 e. The number of carbonyl (C=O) groups is 2. The fraction of sp³-hybridized carbons (Fsp3) is 0.174. The number of hydrogen-bond donors (Lipinski definition) is 2. The van der Waals surface area contributed by atoms with Gasteiger partial charge in [0.2, 0.25) is 0 Å². The summed E-state index contributed by atoms with van der Waals surface area (Å²) in [6, 6.07) is 14.4. The van der Waals surface area contributed by atoms with Gasteiger partial charge in [0.05, 0.1) is 18.4 Å². The Bertz CT molecular complexity index is 1120. The number of rotatable bonds is 5. The van der Waals surface area contributed by atoms with E-state index < -0.39 is 11.8 Å². The van der Waals surface area contributed by atoms with Crippen molar-refractivity contribution in [3.63, 3.8) is 0 Å². The monoisotopic (exact) mass is 423 g/mol. The number of nitrogens with zero attached hydrogens (tertiary/aromatic N) is 1. The molecule has 30 heavy (non-hydrogen) atoms. The molecule has 0 fully saturated rings. The maximum atomic E-state index is 12.1. The zero-order chi connectivity index (χ0) is 21.7. The second kappa shape index (κ2) is 9.41. The van der Waals surface area contributed by atoms with Crippen LogP contribution in [0.1, 0.15) is 28.2 Å². The van der Waals surface area contributed by atoms with Gasteiger partial charge in [-0.2, -0.15) is 0 Å². The van der Waals surface area contributed by atoms with Crippen molar-refractivity contribution in [1.29, 1.82) is 0 Å². The summed E-state index contributed by atoms with van der Waals surface area (Å²) in [5, 5.41) is 5.77. The zero-order valence-corrected chi connectivity index (χ0v) is 17.7. The lowest BCUT2D eigenvalue weighted by molar-refractivity contribution is -0.136. The van der Waals surface area contributed by atoms with Gasteiger partial charge < -0.3 is 15.1 Å². The average Bonchev–Trinajstić information content (AvgIpc) is 3.17. The lowest BCUT2D eigenvalue weighted by Crippen LogP contribution is -2.34. The van der Waals surface area contributed by atoms with E-state index in [-0.39, 0.29) is 6.54 Å². The zero-order valence-electron chi connectivity index (χ0n) is 17.0. The summed E-state index contributed by atoms with van der Waals surface area (Å²) in [7, 11) is 0. The molecule has 2 N–H and O–H groups in total. The molecule has 6 nitrogen and oxygen atoms in total. The van der Waals surface area contributed by atoms with E-state index in [2.05, 4.69) is 15.6 Å². The second-order valence-electron chi connectivity index (χ2n) is 6.93. The third-order valence-electron chi connectivity index (χ3n) is 4.57. The van der Waals surface area contributed by atoms with Crippen LogP contribution in [0.2, 0.25) is 5.02 Å². The van der Waals surface area contributed by atoms with Gasteiger partial charge in [-0.25, -0.2) is 0 Å². The highest BCUT2D eigenvalue weighted by atomic mass is 35.5. The summed E-state index contributed by atoms with van der Waals surface area (Å²) in [6.07, 6.45) is 1.57. The van der Waals surface area contributed by atoms with E-state index in [0.717, 1.165) is 16.7 Å². The Hall–Kier alpha value is -3.38. The molecule has 0 aliphatic rings. The molecule has 0 bridgehead atoms. The Kier molecular flexibility index (Phi) is 6.69. The molecule has 0 unspecified atom stereocenters. The van der Waals surface area contributed by atoms with Crippen molar-refractivity contribution in [2.24, 2.45) is 4.99 Å². The van der Waals surface area contributed by atoms with Crippen molar-refractivity contribution < 1.29 is 14.0 Å². The highest BCUT2D eigenvalue weighted by molar-refractivity contribution is 6.39. The number of halogens is 1. The lowest BCUT2D eigenvalue weighted by Gasteiger charge is -2.07. The fourth-order valence-corrected chi connectivity index (χ4v) is 2.79. The van der Waals surface area contributed by atoms with Crippen LogP contribution in [-0.4, -0.2) is 18.0 Å². The first kappa shape index (κ1) is 21.3. The maximum absolute atomic E-state index is 12.1. The number of hydrogen-bond acceptors (Lipinski definition) is 4. The minimum Gasteiger partial charge on any atom is -0.458 e. The number of amides is 2. The predicted molar refractivity (Wildman–Crippen MR) is 119 cm³/mol. The van der Waals surface area contributed by atoms with Crippen LogP contribution in [0.15, 0.2) is 57.9 Å². The molecule has 0 aliphatic carbocycles. The first-order valence-electron chi connectivity index (χ1n) is 9.37. The first-order chi connectivity index (χ1) is 14.3. The van der Waals surface area contributed by atoms with Crippen molar-refractivity contribution in [1.82, 2.24) is 5.32 Å². The van der Waals surface area contributed by atoms with Gasteiger partial charge in [0.15, 0.2) is 0 Å². The van der Waals surface area contributed by atoms with Gasteiger partial charge in [-0.1, -0.05) is 23.7 Å². The molecule has 0 saturated heterocycles. The lowest BCUT2D eigenvalue weighted by atomic mass is 10.1. The van der Waals surface area contributed by atoms with E-state index in [0.29, 0.717) is 27.9 Å². The Balaban J connectivity index is 1.53. The van der Waals surface area contributed by atoms with E-state index in [9.17, 15) is 9.59 Å². The standard InChI is InChI=1S/C23H22ClN3O3/c1-14-4-7-18(10-16(14)3)27-23(29)22(28)26-13-20-9-8-19(30-20)12-25-17-6-5-15(2)21(24)11-17/h4-12H,13H2,1-3H3,(H,26,28)(H,27,29). The van der Waals surface area contributed by atoms with E-state index >= 15 is 0 Å². The Morgan fingerprint density at radius 1 is 0.967 bits per heavy atom. The van der Waals surface area contributed by atoms with E-state index in [1.807, 2.05) is 45.0 Å². The van der Waals surface area contributed by atoms with Crippen LogP contribution in [0, 0.1) is 20.8 Å². The predicted octanol–water partition coefficient (Wildman–Crippen LogP) is 4.86. The van der Waals surface area contributed by atoms with Crippen molar-refractivity contribution in [2.45, 2.75) is 27.3 Å². The highest BCUT2D eigenvalue weighted by Gasteiger charge is 2.14. The van der Waals surface area contributed by atoms with E-state index in [1.54, 1.807) is 30.5 Å². The third kappa shape index (κ3) is 5.58. The van der Waals surface area contributed by atoms with Gasteiger partial charge >= 0.3 is 11.8 Å².